The second-order valence-corrected chi connectivity index (χ2v) is 11.3. The molecule has 0 aromatic rings. The average Bonchev–Trinajstić information content (AvgIpc) is 2.96. The van der Waals surface area contributed by atoms with Crippen LogP contribution in [-0.2, 0) is 19.2 Å². The van der Waals surface area contributed by atoms with E-state index >= 15 is 0 Å². The Morgan fingerprint density at radius 1 is 0.524 bits per heavy atom. The molecule has 0 fully saturated rings. The van der Waals surface area contributed by atoms with Crippen LogP contribution < -0.4 is 44.6 Å². The number of carbonyl (C=O) groups is 4. The quantitative estimate of drug-likeness (QED) is 0.0580. The summed E-state index contributed by atoms with van der Waals surface area (Å²) in [6.45, 7) is 2.26. The summed E-state index contributed by atoms with van der Waals surface area (Å²) in [6, 6.07) is -1.85. The highest BCUT2D eigenvalue weighted by atomic mass is 16.2. The Bertz CT molecular complexity index is 725. The van der Waals surface area contributed by atoms with Crippen molar-refractivity contribution in [3.63, 3.8) is 0 Å². The minimum atomic E-state index is -0.640. The van der Waals surface area contributed by atoms with Gasteiger partial charge in [-0.3, -0.25) is 19.2 Å². The highest BCUT2D eigenvalue weighted by molar-refractivity contribution is 5.89. The van der Waals surface area contributed by atoms with Crippen LogP contribution in [0.2, 0.25) is 0 Å². The van der Waals surface area contributed by atoms with E-state index in [9.17, 15) is 19.2 Å². The van der Waals surface area contributed by atoms with E-state index in [0.29, 0.717) is 51.9 Å². The minimum Gasteiger partial charge on any atom is -0.368 e. The van der Waals surface area contributed by atoms with Crippen LogP contribution in [0.15, 0.2) is 0 Å². The third-order valence-corrected chi connectivity index (χ3v) is 7.39. The fraction of sp³-hybridized carbons (Fsp3) is 0.867. The normalized spacial score (nSPS) is 13.2. The highest BCUT2D eigenvalue weighted by Crippen LogP contribution is 2.11. The van der Waals surface area contributed by atoms with Crippen molar-refractivity contribution >= 4 is 23.6 Å². The maximum absolute atomic E-state index is 12.7. The lowest BCUT2D eigenvalue weighted by Crippen LogP contribution is -2.51. The molecule has 0 aliphatic heterocycles. The van der Waals surface area contributed by atoms with Gasteiger partial charge in [0.25, 0.3) is 0 Å². The van der Waals surface area contributed by atoms with Gasteiger partial charge in [0.05, 0.1) is 6.04 Å². The molecule has 12 heteroatoms. The molecular formula is C30H62N8O4. The van der Waals surface area contributed by atoms with Crippen LogP contribution in [0.4, 0.5) is 0 Å². The second kappa shape index (κ2) is 27.5. The van der Waals surface area contributed by atoms with Crippen molar-refractivity contribution < 1.29 is 19.2 Å². The molecule has 246 valence electrons. The van der Waals surface area contributed by atoms with Gasteiger partial charge in [-0.15, -0.1) is 0 Å². The van der Waals surface area contributed by atoms with Crippen molar-refractivity contribution in [3.05, 3.63) is 0 Å². The molecule has 0 aromatic heterocycles. The van der Waals surface area contributed by atoms with Gasteiger partial charge in [-0.1, -0.05) is 51.4 Å². The molecule has 4 amide bonds. The number of amides is 4. The molecule has 0 bridgehead atoms. The Morgan fingerprint density at radius 3 is 1.52 bits per heavy atom. The zero-order chi connectivity index (χ0) is 31.4. The fourth-order valence-electron chi connectivity index (χ4n) is 4.71. The number of carbonyl (C=O) groups excluding carboxylic acids is 4. The maximum atomic E-state index is 12.7. The molecule has 0 heterocycles. The molecule has 42 heavy (non-hydrogen) atoms. The average molecular weight is 599 g/mol. The number of primary amides is 1. The number of nitrogens with one attached hydrogen (secondary N) is 3. The van der Waals surface area contributed by atoms with E-state index in [1.807, 2.05) is 0 Å². The summed E-state index contributed by atoms with van der Waals surface area (Å²) < 4.78 is 0. The van der Waals surface area contributed by atoms with Gasteiger partial charge in [-0.05, 0) is 83.8 Å². The molecular weight excluding hydrogens is 536 g/mol. The summed E-state index contributed by atoms with van der Waals surface area (Å²) in [6.07, 6.45) is 16.0. The SMILES string of the molecule is NCCCC[C@H](NC(=O)CCCCCCCCCCCNC(=O)[C@H](CCCCN)NC(=O)[C@@H](N)CCCCN)C(N)=O. The molecule has 0 aliphatic rings. The van der Waals surface area contributed by atoms with Gasteiger partial charge >= 0.3 is 0 Å². The summed E-state index contributed by atoms with van der Waals surface area (Å²) in [5.41, 5.74) is 27.9. The molecule has 0 saturated heterocycles. The van der Waals surface area contributed by atoms with Crippen molar-refractivity contribution in [2.24, 2.45) is 28.7 Å². The van der Waals surface area contributed by atoms with Gasteiger partial charge in [-0.2, -0.15) is 0 Å². The van der Waals surface area contributed by atoms with Gasteiger partial charge in [0, 0.05) is 13.0 Å². The molecule has 3 atom stereocenters. The summed E-state index contributed by atoms with van der Waals surface area (Å²) in [7, 11) is 0. The standard InChI is InChI=1S/C30H62N8O4/c31-20-12-9-16-24(34)29(41)38-26(18-11-14-22-33)30(42)36-23-15-7-5-3-1-2-4-6-8-19-27(39)37-25(28(35)40)17-10-13-21-32/h24-26H,1-23,31-34H2,(H2,35,40)(H,36,42)(H,37,39)(H,38,41)/t24-,25-,26-/m0/s1. The number of unbranched alkanes of at least 4 members (excludes halogenated alkanes) is 11. The topological polar surface area (TPSA) is 234 Å². The Labute approximate surface area is 253 Å². The van der Waals surface area contributed by atoms with Crippen molar-refractivity contribution in [2.45, 2.75) is 140 Å². The first-order valence-corrected chi connectivity index (χ1v) is 16.3. The molecule has 13 N–H and O–H groups in total. The number of hydrogen-bond donors (Lipinski definition) is 8. The molecule has 0 aromatic carbocycles. The molecule has 0 radical (unpaired) electrons. The molecule has 0 rings (SSSR count). The van der Waals surface area contributed by atoms with E-state index in [4.69, 9.17) is 28.7 Å². The first-order chi connectivity index (χ1) is 20.3. The molecule has 0 spiro atoms. The summed E-state index contributed by atoms with van der Waals surface area (Å²) in [5, 5.41) is 8.54. The Kier molecular flexibility index (Phi) is 26.1. The van der Waals surface area contributed by atoms with E-state index in [0.717, 1.165) is 96.3 Å². The van der Waals surface area contributed by atoms with Crippen LogP contribution in [0.1, 0.15) is 122 Å². The lowest BCUT2D eigenvalue weighted by Gasteiger charge is -2.21. The Morgan fingerprint density at radius 2 is 1.00 bits per heavy atom. The van der Waals surface area contributed by atoms with Gasteiger partial charge in [0.2, 0.25) is 23.6 Å². The molecule has 12 nitrogen and oxygen atoms in total. The lowest BCUT2D eigenvalue weighted by atomic mass is 10.1. The van der Waals surface area contributed by atoms with Gasteiger partial charge in [0.1, 0.15) is 12.1 Å². The number of rotatable bonds is 29. The van der Waals surface area contributed by atoms with Crippen LogP contribution in [0.5, 0.6) is 0 Å². The van der Waals surface area contributed by atoms with E-state index < -0.39 is 24.0 Å². The van der Waals surface area contributed by atoms with Crippen molar-refractivity contribution in [1.82, 2.24) is 16.0 Å². The van der Waals surface area contributed by atoms with Crippen LogP contribution in [-0.4, -0.2) is 67.9 Å². The van der Waals surface area contributed by atoms with Crippen molar-refractivity contribution in [3.8, 4) is 0 Å². The Balaban J connectivity index is 3.99. The second-order valence-electron chi connectivity index (χ2n) is 11.3. The van der Waals surface area contributed by atoms with E-state index in [1.54, 1.807) is 0 Å². The van der Waals surface area contributed by atoms with Crippen LogP contribution in [0.25, 0.3) is 0 Å². The van der Waals surface area contributed by atoms with Crippen LogP contribution in [0.3, 0.4) is 0 Å². The maximum Gasteiger partial charge on any atom is 0.242 e. The molecule has 0 saturated carbocycles. The summed E-state index contributed by atoms with van der Waals surface area (Å²) in [5.74, 6) is -1.08. The number of hydrogen-bond acceptors (Lipinski definition) is 8. The van der Waals surface area contributed by atoms with Gasteiger partial charge < -0.3 is 44.6 Å². The third kappa shape index (κ3) is 22.3. The van der Waals surface area contributed by atoms with Crippen LogP contribution in [0, 0.1) is 0 Å². The zero-order valence-electron chi connectivity index (χ0n) is 26.0. The predicted octanol–water partition coefficient (Wildman–Crippen LogP) is 1.17. The summed E-state index contributed by atoms with van der Waals surface area (Å²) >= 11 is 0. The lowest BCUT2D eigenvalue weighted by molar-refractivity contribution is -0.129. The minimum absolute atomic E-state index is 0.121. The van der Waals surface area contributed by atoms with Gasteiger partial charge in [0.15, 0.2) is 0 Å². The van der Waals surface area contributed by atoms with Crippen molar-refractivity contribution in [2.75, 3.05) is 26.2 Å². The fourth-order valence-corrected chi connectivity index (χ4v) is 4.71. The molecule has 0 aliphatic carbocycles. The van der Waals surface area contributed by atoms with E-state index in [1.165, 1.54) is 0 Å². The largest absolute Gasteiger partial charge is 0.368 e. The number of nitrogens with two attached hydrogens (primary N) is 5. The first-order valence-electron chi connectivity index (χ1n) is 16.3. The van der Waals surface area contributed by atoms with Crippen LogP contribution >= 0.6 is 0 Å². The third-order valence-electron chi connectivity index (χ3n) is 7.39. The molecule has 0 unspecified atom stereocenters. The van der Waals surface area contributed by atoms with E-state index in [2.05, 4.69) is 16.0 Å². The van der Waals surface area contributed by atoms with Crippen molar-refractivity contribution in [1.29, 1.82) is 0 Å². The summed E-state index contributed by atoms with van der Waals surface area (Å²) in [4.78, 5) is 48.8. The zero-order valence-corrected chi connectivity index (χ0v) is 26.0. The van der Waals surface area contributed by atoms with E-state index in [-0.39, 0.29) is 17.7 Å². The van der Waals surface area contributed by atoms with Gasteiger partial charge in [-0.25, -0.2) is 0 Å². The highest BCUT2D eigenvalue weighted by Gasteiger charge is 2.23. The predicted molar refractivity (Wildman–Crippen MR) is 169 cm³/mol. The smallest absolute Gasteiger partial charge is 0.242 e. The Hall–Kier alpha value is -2.28. The monoisotopic (exact) mass is 598 g/mol. The first kappa shape index (κ1) is 39.7.